The molecule has 0 amide bonds. The first-order chi connectivity index (χ1) is 8.47. The average molecular weight is 268 g/mol. The summed E-state index contributed by atoms with van der Waals surface area (Å²) in [6.07, 6.45) is 0. The molecule has 0 aliphatic carbocycles. The summed E-state index contributed by atoms with van der Waals surface area (Å²) < 4.78 is 13.2. The van der Waals surface area contributed by atoms with Gasteiger partial charge in [-0.1, -0.05) is 17.7 Å². The fourth-order valence-electron chi connectivity index (χ4n) is 1.57. The van der Waals surface area contributed by atoms with Gasteiger partial charge in [0.15, 0.2) is 5.75 Å². The van der Waals surface area contributed by atoms with Crippen LogP contribution in [0.5, 0.6) is 5.75 Å². The molecule has 92 valence electrons. The molecule has 0 aliphatic rings. The van der Waals surface area contributed by atoms with Gasteiger partial charge >= 0.3 is 5.69 Å². The maximum Gasteiger partial charge on any atom is 0.311 e. The lowest BCUT2D eigenvalue weighted by atomic mass is 10.0. The Balaban J connectivity index is 2.57. The first kappa shape index (κ1) is 12.3. The van der Waals surface area contributed by atoms with E-state index in [-0.39, 0.29) is 5.02 Å². The molecule has 2 aromatic rings. The number of hydrogen-bond donors (Lipinski definition) is 1. The third-order valence-electron chi connectivity index (χ3n) is 2.37. The van der Waals surface area contributed by atoms with Crippen molar-refractivity contribution >= 4 is 17.3 Å². The Hall–Kier alpha value is -2.14. The molecule has 6 heteroatoms. The minimum absolute atomic E-state index is 0.195. The predicted molar refractivity (Wildman–Crippen MR) is 65.2 cm³/mol. The van der Waals surface area contributed by atoms with Crippen LogP contribution in [0.25, 0.3) is 11.1 Å². The maximum atomic E-state index is 13.2. The molecule has 1 N–H and O–H groups in total. The van der Waals surface area contributed by atoms with Crippen LogP contribution in [0.1, 0.15) is 0 Å². The number of rotatable bonds is 2. The van der Waals surface area contributed by atoms with E-state index in [1.54, 1.807) is 0 Å². The standard InChI is InChI=1S/C12H7ClFNO3/c13-9-3-8(4-10(14)6-9)7-1-2-12(16)11(5-7)15(17)18/h1-6,16H. The van der Waals surface area contributed by atoms with Crippen LogP contribution in [-0.4, -0.2) is 10.0 Å². The van der Waals surface area contributed by atoms with E-state index in [9.17, 15) is 19.6 Å². The zero-order valence-electron chi connectivity index (χ0n) is 8.93. The van der Waals surface area contributed by atoms with Crippen molar-refractivity contribution in [2.45, 2.75) is 0 Å². The van der Waals surface area contributed by atoms with Gasteiger partial charge in [0.05, 0.1) is 4.92 Å². The second-order valence-electron chi connectivity index (χ2n) is 3.62. The highest BCUT2D eigenvalue weighted by molar-refractivity contribution is 6.30. The van der Waals surface area contributed by atoms with E-state index in [2.05, 4.69) is 0 Å². The largest absolute Gasteiger partial charge is 0.502 e. The first-order valence-corrected chi connectivity index (χ1v) is 5.29. The molecule has 0 atom stereocenters. The molecule has 0 bridgehead atoms. The van der Waals surface area contributed by atoms with Crippen molar-refractivity contribution in [2.75, 3.05) is 0 Å². The fraction of sp³-hybridized carbons (Fsp3) is 0. The minimum atomic E-state index is -0.709. The monoisotopic (exact) mass is 267 g/mol. The highest BCUT2D eigenvalue weighted by Crippen LogP contribution is 2.32. The zero-order chi connectivity index (χ0) is 13.3. The van der Waals surface area contributed by atoms with E-state index in [1.807, 2.05) is 0 Å². The van der Waals surface area contributed by atoms with E-state index < -0.39 is 22.2 Å². The van der Waals surface area contributed by atoms with E-state index in [0.29, 0.717) is 11.1 Å². The summed E-state index contributed by atoms with van der Waals surface area (Å²) in [5.74, 6) is -0.973. The van der Waals surface area contributed by atoms with Crippen molar-refractivity contribution in [1.29, 1.82) is 0 Å². The van der Waals surface area contributed by atoms with Gasteiger partial charge in [0.2, 0.25) is 0 Å². The number of halogens is 2. The molecular formula is C12H7ClFNO3. The van der Waals surface area contributed by atoms with E-state index >= 15 is 0 Å². The van der Waals surface area contributed by atoms with Gasteiger partial charge in [-0.3, -0.25) is 10.1 Å². The van der Waals surface area contributed by atoms with Gasteiger partial charge in [0, 0.05) is 11.1 Å². The average Bonchev–Trinajstić information content (AvgIpc) is 2.27. The highest BCUT2D eigenvalue weighted by Gasteiger charge is 2.14. The highest BCUT2D eigenvalue weighted by atomic mass is 35.5. The first-order valence-electron chi connectivity index (χ1n) is 4.91. The molecule has 18 heavy (non-hydrogen) atoms. The molecule has 0 radical (unpaired) electrons. The Morgan fingerprint density at radius 1 is 1.17 bits per heavy atom. The fourth-order valence-corrected chi connectivity index (χ4v) is 1.79. The number of hydrogen-bond acceptors (Lipinski definition) is 3. The lowest BCUT2D eigenvalue weighted by Crippen LogP contribution is -1.90. The third-order valence-corrected chi connectivity index (χ3v) is 2.59. The van der Waals surface area contributed by atoms with Crippen LogP contribution in [0.2, 0.25) is 5.02 Å². The Bertz CT molecular complexity index is 610. The van der Waals surface area contributed by atoms with Gasteiger partial charge in [-0.25, -0.2) is 4.39 Å². The number of benzene rings is 2. The van der Waals surface area contributed by atoms with E-state index in [4.69, 9.17) is 11.6 Å². The van der Waals surface area contributed by atoms with Gasteiger partial charge in [0.25, 0.3) is 0 Å². The Morgan fingerprint density at radius 2 is 1.89 bits per heavy atom. The summed E-state index contributed by atoms with van der Waals surface area (Å²) in [6.45, 7) is 0. The van der Waals surface area contributed by atoms with Crippen molar-refractivity contribution in [2.24, 2.45) is 0 Å². The quantitative estimate of drug-likeness (QED) is 0.665. The van der Waals surface area contributed by atoms with Gasteiger partial charge < -0.3 is 5.11 Å². The maximum absolute atomic E-state index is 13.2. The Morgan fingerprint density at radius 3 is 2.50 bits per heavy atom. The lowest BCUT2D eigenvalue weighted by Gasteiger charge is -2.04. The Kier molecular flexibility index (Phi) is 3.16. The number of nitrogens with zero attached hydrogens (tertiary/aromatic N) is 1. The molecule has 2 aromatic carbocycles. The predicted octanol–water partition coefficient (Wildman–Crippen LogP) is 3.76. The molecule has 0 heterocycles. The summed E-state index contributed by atoms with van der Waals surface area (Å²) in [7, 11) is 0. The second-order valence-corrected chi connectivity index (χ2v) is 4.06. The van der Waals surface area contributed by atoms with Gasteiger partial charge in [0.1, 0.15) is 5.82 Å². The third kappa shape index (κ3) is 2.41. The number of nitro benzene ring substituents is 1. The SMILES string of the molecule is O=[N+]([O-])c1cc(-c2cc(F)cc(Cl)c2)ccc1O. The molecule has 0 fully saturated rings. The van der Waals surface area contributed by atoms with Crippen LogP contribution in [0, 0.1) is 15.9 Å². The second kappa shape index (κ2) is 4.62. The van der Waals surface area contributed by atoms with Crippen LogP contribution in [0.4, 0.5) is 10.1 Å². The molecule has 4 nitrogen and oxygen atoms in total. The van der Waals surface area contributed by atoms with Crippen LogP contribution in [0.3, 0.4) is 0 Å². The van der Waals surface area contributed by atoms with Crippen molar-refractivity contribution in [3.05, 3.63) is 57.4 Å². The van der Waals surface area contributed by atoms with Gasteiger partial charge in [-0.15, -0.1) is 0 Å². The van der Waals surface area contributed by atoms with Gasteiger partial charge in [-0.2, -0.15) is 0 Å². The smallest absolute Gasteiger partial charge is 0.311 e. The van der Waals surface area contributed by atoms with Crippen molar-refractivity contribution in [3.8, 4) is 16.9 Å². The molecule has 0 saturated carbocycles. The summed E-state index contributed by atoms with van der Waals surface area (Å²) in [5.41, 5.74) is 0.372. The molecular weight excluding hydrogens is 261 g/mol. The lowest BCUT2D eigenvalue weighted by molar-refractivity contribution is -0.385. The van der Waals surface area contributed by atoms with Crippen molar-refractivity contribution in [3.63, 3.8) is 0 Å². The molecule has 2 rings (SSSR count). The molecule has 0 unspecified atom stereocenters. The summed E-state index contributed by atoms with van der Waals surface area (Å²) in [4.78, 5) is 9.98. The van der Waals surface area contributed by atoms with E-state index in [0.717, 1.165) is 6.07 Å². The minimum Gasteiger partial charge on any atom is -0.502 e. The summed E-state index contributed by atoms with van der Waals surface area (Å²) in [5, 5.41) is 20.2. The normalized spacial score (nSPS) is 10.3. The van der Waals surface area contributed by atoms with E-state index in [1.165, 1.54) is 30.3 Å². The van der Waals surface area contributed by atoms with Crippen molar-refractivity contribution in [1.82, 2.24) is 0 Å². The summed E-state index contributed by atoms with van der Waals surface area (Å²) >= 11 is 5.71. The summed E-state index contributed by atoms with van der Waals surface area (Å²) in [6, 6.07) is 7.64. The van der Waals surface area contributed by atoms with Crippen molar-refractivity contribution < 1.29 is 14.4 Å². The molecule has 0 spiro atoms. The van der Waals surface area contributed by atoms with Crippen LogP contribution in [-0.2, 0) is 0 Å². The van der Waals surface area contributed by atoms with Gasteiger partial charge in [-0.05, 0) is 35.4 Å². The van der Waals surface area contributed by atoms with Crippen LogP contribution >= 0.6 is 11.6 Å². The van der Waals surface area contributed by atoms with Crippen LogP contribution < -0.4 is 0 Å². The number of phenols is 1. The molecule has 0 aliphatic heterocycles. The number of nitro groups is 1. The molecule has 0 aromatic heterocycles. The molecule has 0 saturated heterocycles. The zero-order valence-corrected chi connectivity index (χ0v) is 9.69. The Labute approximate surface area is 106 Å². The van der Waals surface area contributed by atoms with Crippen LogP contribution in [0.15, 0.2) is 36.4 Å². The number of phenolic OH excluding ortho intramolecular Hbond substituents is 1. The number of aromatic hydroxyl groups is 1. The topological polar surface area (TPSA) is 63.4 Å².